The van der Waals surface area contributed by atoms with Crippen LogP contribution in [0.3, 0.4) is 0 Å². The molecule has 0 aliphatic heterocycles. The second-order valence-corrected chi connectivity index (χ2v) is 6.05. The van der Waals surface area contributed by atoms with Crippen molar-refractivity contribution in [1.29, 1.82) is 0 Å². The number of nitrogens with one attached hydrogen (secondary N) is 1. The molecule has 3 rings (SSSR count). The van der Waals surface area contributed by atoms with E-state index in [1.54, 1.807) is 0 Å². The molecule has 0 aliphatic carbocycles. The number of furan rings is 1. The average Bonchev–Trinajstić information content (AvgIpc) is 3.16. The molecule has 148 valence electrons. The Morgan fingerprint density at radius 1 is 1.00 bits per heavy atom. The summed E-state index contributed by atoms with van der Waals surface area (Å²) in [6, 6.07) is 11.9. The fraction of sp³-hybridized carbons (Fsp3) is 0.0952. The number of carbonyl (C=O) groups is 3. The van der Waals surface area contributed by atoms with Crippen molar-refractivity contribution >= 4 is 23.3 Å². The maximum absolute atomic E-state index is 14.1. The summed E-state index contributed by atoms with van der Waals surface area (Å²) < 4.78 is 37.3. The summed E-state index contributed by atoms with van der Waals surface area (Å²) in [5.41, 5.74) is 0.480. The van der Waals surface area contributed by atoms with E-state index in [-0.39, 0.29) is 22.9 Å². The lowest BCUT2D eigenvalue weighted by Gasteiger charge is -2.06. The maximum Gasteiger partial charge on any atom is 0.374 e. The standard InChI is InChI=1S/C21H15F2NO5/c1-12(25)24-15-6-7-16(17(23)10-15)18(26)11-28-21(27)20-9-8-19(29-20)13-2-4-14(22)5-3-13/h2-10H,11H2,1H3,(H,24,25). The first-order valence-electron chi connectivity index (χ1n) is 8.47. The zero-order valence-electron chi connectivity index (χ0n) is 15.2. The van der Waals surface area contributed by atoms with Crippen molar-refractivity contribution in [2.75, 3.05) is 11.9 Å². The van der Waals surface area contributed by atoms with Crippen molar-refractivity contribution < 1.29 is 32.3 Å². The molecule has 1 amide bonds. The van der Waals surface area contributed by atoms with E-state index in [1.165, 1.54) is 55.5 Å². The number of ketones is 1. The Morgan fingerprint density at radius 3 is 2.38 bits per heavy atom. The highest BCUT2D eigenvalue weighted by atomic mass is 19.1. The summed E-state index contributed by atoms with van der Waals surface area (Å²) in [6.07, 6.45) is 0. The van der Waals surface area contributed by atoms with Gasteiger partial charge in [0.05, 0.1) is 5.56 Å². The predicted octanol–water partition coefficient (Wildman–Crippen LogP) is 4.22. The number of esters is 1. The number of rotatable bonds is 6. The molecule has 8 heteroatoms. The van der Waals surface area contributed by atoms with Crippen LogP contribution in [0.4, 0.5) is 14.5 Å². The van der Waals surface area contributed by atoms with Crippen LogP contribution in [0.5, 0.6) is 0 Å². The Morgan fingerprint density at radius 2 is 1.72 bits per heavy atom. The molecular weight excluding hydrogens is 384 g/mol. The molecule has 0 radical (unpaired) electrons. The van der Waals surface area contributed by atoms with Crippen molar-refractivity contribution in [2.24, 2.45) is 0 Å². The summed E-state index contributed by atoms with van der Waals surface area (Å²) in [7, 11) is 0. The van der Waals surface area contributed by atoms with E-state index in [4.69, 9.17) is 9.15 Å². The SMILES string of the molecule is CC(=O)Nc1ccc(C(=O)COC(=O)c2ccc(-c3ccc(F)cc3)o2)c(F)c1. The minimum absolute atomic E-state index is 0.154. The van der Waals surface area contributed by atoms with Gasteiger partial charge in [-0.2, -0.15) is 0 Å². The van der Waals surface area contributed by atoms with E-state index in [0.29, 0.717) is 11.3 Å². The van der Waals surface area contributed by atoms with Gasteiger partial charge in [-0.05, 0) is 54.6 Å². The molecule has 1 N–H and O–H groups in total. The molecule has 2 aromatic carbocycles. The van der Waals surface area contributed by atoms with Crippen LogP contribution in [0, 0.1) is 11.6 Å². The van der Waals surface area contributed by atoms with E-state index in [0.717, 1.165) is 6.07 Å². The second kappa shape index (κ2) is 8.47. The van der Waals surface area contributed by atoms with Crippen LogP contribution >= 0.6 is 0 Å². The largest absolute Gasteiger partial charge is 0.451 e. The summed E-state index contributed by atoms with van der Waals surface area (Å²) in [4.78, 5) is 35.2. The number of benzene rings is 2. The first kappa shape index (κ1) is 19.9. The Kier molecular flexibility index (Phi) is 5.82. The van der Waals surface area contributed by atoms with E-state index < -0.39 is 30.0 Å². The molecule has 0 bridgehead atoms. The fourth-order valence-electron chi connectivity index (χ4n) is 2.52. The van der Waals surface area contributed by atoms with Gasteiger partial charge in [0, 0.05) is 18.2 Å². The molecule has 29 heavy (non-hydrogen) atoms. The van der Waals surface area contributed by atoms with Crippen LogP contribution in [-0.4, -0.2) is 24.3 Å². The normalized spacial score (nSPS) is 10.4. The summed E-state index contributed by atoms with van der Waals surface area (Å²) in [5.74, 6) is -3.13. The Hall–Kier alpha value is -3.81. The lowest BCUT2D eigenvalue weighted by Crippen LogP contribution is -2.15. The third-order valence-corrected chi connectivity index (χ3v) is 3.86. The van der Waals surface area contributed by atoms with E-state index >= 15 is 0 Å². The smallest absolute Gasteiger partial charge is 0.374 e. The third kappa shape index (κ3) is 4.92. The molecular formula is C21H15F2NO5. The van der Waals surface area contributed by atoms with E-state index in [2.05, 4.69) is 5.32 Å². The lowest BCUT2D eigenvalue weighted by atomic mass is 10.1. The summed E-state index contributed by atoms with van der Waals surface area (Å²) in [6.45, 7) is 0.578. The van der Waals surface area contributed by atoms with Crippen LogP contribution in [0.1, 0.15) is 27.8 Å². The minimum atomic E-state index is -0.901. The van der Waals surface area contributed by atoms with Crippen molar-refractivity contribution in [2.45, 2.75) is 6.92 Å². The molecule has 6 nitrogen and oxygen atoms in total. The molecule has 0 atom stereocenters. The highest BCUT2D eigenvalue weighted by Gasteiger charge is 2.18. The van der Waals surface area contributed by atoms with Gasteiger partial charge in [0.15, 0.2) is 6.61 Å². The molecule has 0 unspecified atom stereocenters. The number of ether oxygens (including phenoxy) is 1. The van der Waals surface area contributed by atoms with Gasteiger partial charge in [0.1, 0.15) is 17.4 Å². The Balaban J connectivity index is 1.62. The molecule has 1 aromatic heterocycles. The third-order valence-electron chi connectivity index (χ3n) is 3.86. The maximum atomic E-state index is 14.1. The molecule has 0 spiro atoms. The van der Waals surface area contributed by atoms with Gasteiger partial charge in [-0.15, -0.1) is 0 Å². The van der Waals surface area contributed by atoms with Crippen molar-refractivity contribution in [3.05, 3.63) is 77.6 Å². The number of halogens is 2. The van der Waals surface area contributed by atoms with Crippen LogP contribution in [0.2, 0.25) is 0 Å². The van der Waals surface area contributed by atoms with Crippen molar-refractivity contribution in [1.82, 2.24) is 0 Å². The first-order chi connectivity index (χ1) is 13.8. The van der Waals surface area contributed by atoms with Crippen LogP contribution in [0.15, 0.2) is 59.0 Å². The van der Waals surface area contributed by atoms with Crippen LogP contribution < -0.4 is 5.32 Å². The number of carbonyl (C=O) groups excluding carboxylic acids is 3. The molecule has 0 saturated carbocycles. The topological polar surface area (TPSA) is 85.6 Å². The number of Topliss-reactive ketones (excluding diaryl/α,β-unsaturated/α-hetero) is 1. The molecule has 3 aromatic rings. The van der Waals surface area contributed by atoms with Gasteiger partial charge < -0.3 is 14.5 Å². The minimum Gasteiger partial charge on any atom is -0.451 e. The number of hydrogen-bond donors (Lipinski definition) is 1. The molecule has 0 saturated heterocycles. The number of amides is 1. The predicted molar refractivity (Wildman–Crippen MR) is 99.4 cm³/mol. The number of hydrogen-bond acceptors (Lipinski definition) is 5. The van der Waals surface area contributed by atoms with Gasteiger partial charge in [0.2, 0.25) is 17.5 Å². The zero-order valence-corrected chi connectivity index (χ0v) is 15.2. The van der Waals surface area contributed by atoms with Crippen LogP contribution in [0.25, 0.3) is 11.3 Å². The number of anilines is 1. The Labute approximate surface area is 164 Å². The molecule has 0 aliphatic rings. The highest BCUT2D eigenvalue weighted by molar-refractivity contribution is 6.00. The highest BCUT2D eigenvalue weighted by Crippen LogP contribution is 2.23. The summed E-state index contributed by atoms with van der Waals surface area (Å²) >= 11 is 0. The van der Waals surface area contributed by atoms with E-state index in [1.807, 2.05) is 0 Å². The van der Waals surface area contributed by atoms with Gasteiger partial charge >= 0.3 is 5.97 Å². The van der Waals surface area contributed by atoms with Gasteiger partial charge in [-0.3, -0.25) is 9.59 Å². The van der Waals surface area contributed by atoms with Crippen molar-refractivity contribution in [3.63, 3.8) is 0 Å². The molecule has 1 heterocycles. The Bertz CT molecular complexity index is 1070. The van der Waals surface area contributed by atoms with Crippen molar-refractivity contribution in [3.8, 4) is 11.3 Å². The summed E-state index contributed by atoms with van der Waals surface area (Å²) in [5, 5.41) is 2.39. The first-order valence-corrected chi connectivity index (χ1v) is 8.47. The van der Waals surface area contributed by atoms with Gasteiger partial charge in [0.25, 0.3) is 0 Å². The quantitative estimate of drug-likeness (QED) is 0.495. The van der Waals surface area contributed by atoms with Crippen LogP contribution in [-0.2, 0) is 9.53 Å². The molecule has 0 fully saturated rings. The van der Waals surface area contributed by atoms with Gasteiger partial charge in [-0.1, -0.05) is 0 Å². The zero-order chi connectivity index (χ0) is 21.0. The monoisotopic (exact) mass is 399 g/mol. The van der Waals surface area contributed by atoms with E-state index in [9.17, 15) is 23.2 Å². The average molecular weight is 399 g/mol. The second-order valence-electron chi connectivity index (χ2n) is 6.05. The lowest BCUT2D eigenvalue weighted by molar-refractivity contribution is -0.114. The fourth-order valence-corrected chi connectivity index (χ4v) is 2.52. The van der Waals surface area contributed by atoms with Gasteiger partial charge in [-0.25, -0.2) is 13.6 Å².